The summed E-state index contributed by atoms with van der Waals surface area (Å²) in [5.41, 5.74) is 0. The molecular weight excluding hydrogens is 166 g/mol. The van der Waals surface area contributed by atoms with Crippen molar-refractivity contribution in [1.29, 1.82) is 0 Å². The molecule has 76 valence electrons. The third kappa shape index (κ3) is 6.34. The minimum absolute atomic E-state index is 0.145. The van der Waals surface area contributed by atoms with Crippen LogP contribution in [0.2, 0.25) is 0 Å². The van der Waals surface area contributed by atoms with Crippen LogP contribution in [0.15, 0.2) is 12.2 Å². The molecule has 0 aromatic carbocycles. The highest BCUT2D eigenvalue weighted by molar-refractivity contribution is 5.71. The molecule has 13 heavy (non-hydrogen) atoms. The quantitative estimate of drug-likeness (QED) is 0.463. The number of ether oxygens (including phenoxy) is 1. The van der Waals surface area contributed by atoms with Crippen molar-refractivity contribution >= 4 is 5.97 Å². The van der Waals surface area contributed by atoms with Crippen LogP contribution in [-0.4, -0.2) is 37.1 Å². The summed E-state index contributed by atoms with van der Waals surface area (Å²) in [6.07, 6.45) is 4.01. The molecular formula is C10H19NO2. The maximum Gasteiger partial charge on any atom is 0.320 e. The van der Waals surface area contributed by atoms with Crippen LogP contribution in [-0.2, 0) is 9.53 Å². The zero-order valence-electron chi connectivity index (χ0n) is 8.75. The average Bonchev–Trinajstić information content (AvgIpc) is 2.12. The molecule has 0 amide bonds. The Labute approximate surface area is 80.4 Å². The van der Waals surface area contributed by atoms with Crippen molar-refractivity contribution < 1.29 is 9.53 Å². The van der Waals surface area contributed by atoms with Crippen molar-refractivity contribution in [3.8, 4) is 0 Å². The predicted molar refractivity (Wildman–Crippen MR) is 53.6 cm³/mol. The molecule has 0 atom stereocenters. The van der Waals surface area contributed by atoms with Crippen molar-refractivity contribution in [3.63, 3.8) is 0 Å². The first-order chi connectivity index (χ1) is 6.24. The number of likely N-dealkylation sites (N-methyl/N-ethyl adjacent to an activating group) is 1. The molecule has 0 rings (SSSR count). The first-order valence-electron chi connectivity index (χ1n) is 4.73. The van der Waals surface area contributed by atoms with E-state index in [2.05, 4.69) is 0 Å². The van der Waals surface area contributed by atoms with E-state index < -0.39 is 0 Å². The van der Waals surface area contributed by atoms with E-state index in [9.17, 15) is 4.79 Å². The molecule has 0 radical (unpaired) electrons. The summed E-state index contributed by atoms with van der Waals surface area (Å²) in [4.78, 5) is 13.1. The second-order valence-corrected chi connectivity index (χ2v) is 2.70. The molecule has 0 aromatic rings. The first kappa shape index (κ1) is 12.2. The minimum atomic E-state index is -0.145. The van der Waals surface area contributed by atoms with E-state index in [1.165, 1.54) is 0 Å². The van der Waals surface area contributed by atoms with Gasteiger partial charge in [-0.2, -0.15) is 0 Å². The van der Waals surface area contributed by atoms with Gasteiger partial charge in [0.05, 0.1) is 13.2 Å². The van der Waals surface area contributed by atoms with Gasteiger partial charge in [0, 0.05) is 6.54 Å². The lowest BCUT2D eigenvalue weighted by molar-refractivity contribution is -0.144. The van der Waals surface area contributed by atoms with Gasteiger partial charge in [0.15, 0.2) is 0 Å². The van der Waals surface area contributed by atoms with Gasteiger partial charge in [-0.25, -0.2) is 0 Å². The summed E-state index contributed by atoms with van der Waals surface area (Å²) in [6, 6.07) is 0. The van der Waals surface area contributed by atoms with E-state index in [0.29, 0.717) is 13.2 Å². The van der Waals surface area contributed by atoms with E-state index >= 15 is 0 Å². The van der Waals surface area contributed by atoms with Gasteiger partial charge in [-0.1, -0.05) is 19.1 Å². The molecule has 0 aliphatic rings. The van der Waals surface area contributed by atoms with Crippen LogP contribution in [0.1, 0.15) is 20.8 Å². The van der Waals surface area contributed by atoms with Crippen molar-refractivity contribution in [1.82, 2.24) is 4.90 Å². The Balaban J connectivity index is 3.75. The van der Waals surface area contributed by atoms with Crippen LogP contribution in [0.25, 0.3) is 0 Å². The first-order valence-corrected chi connectivity index (χ1v) is 4.73. The van der Waals surface area contributed by atoms with Gasteiger partial charge in [-0.15, -0.1) is 0 Å². The number of rotatable bonds is 6. The molecule has 0 saturated carbocycles. The number of hydrogen-bond donors (Lipinski definition) is 0. The molecule has 0 spiro atoms. The fraction of sp³-hybridized carbons (Fsp3) is 0.700. The second-order valence-electron chi connectivity index (χ2n) is 2.70. The zero-order valence-corrected chi connectivity index (χ0v) is 8.75. The Morgan fingerprint density at radius 1 is 1.46 bits per heavy atom. The molecule has 0 fully saturated rings. The number of hydrogen-bond acceptors (Lipinski definition) is 3. The Hall–Kier alpha value is -0.830. The lowest BCUT2D eigenvalue weighted by atomic mass is 10.4. The van der Waals surface area contributed by atoms with Crippen molar-refractivity contribution in [2.45, 2.75) is 20.8 Å². The maximum absolute atomic E-state index is 11.1. The van der Waals surface area contributed by atoms with Gasteiger partial charge in [0.2, 0.25) is 0 Å². The van der Waals surface area contributed by atoms with Gasteiger partial charge in [-0.05, 0) is 20.4 Å². The van der Waals surface area contributed by atoms with Crippen LogP contribution in [0.4, 0.5) is 0 Å². The fourth-order valence-electron chi connectivity index (χ4n) is 0.949. The van der Waals surface area contributed by atoms with Crippen LogP contribution in [0, 0.1) is 0 Å². The highest BCUT2D eigenvalue weighted by atomic mass is 16.5. The number of esters is 1. The number of allylic oxidation sites excluding steroid dienone is 1. The summed E-state index contributed by atoms with van der Waals surface area (Å²) < 4.78 is 4.85. The molecule has 0 heterocycles. The third-order valence-corrected chi connectivity index (χ3v) is 1.70. The highest BCUT2D eigenvalue weighted by Crippen LogP contribution is 1.90. The summed E-state index contributed by atoms with van der Waals surface area (Å²) in [5, 5.41) is 0. The van der Waals surface area contributed by atoms with Crippen molar-refractivity contribution in [3.05, 3.63) is 12.2 Å². The lowest BCUT2D eigenvalue weighted by Gasteiger charge is -2.16. The van der Waals surface area contributed by atoms with Crippen LogP contribution in [0.3, 0.4) is 0 Å². The van der Waals surface area contributed by atoms with Crippen molar-refractivity contribution in [2.24, 2.45) is 0 Å². The standard InChI is InChI=1S/C10H19NO2/c1-4-7-8-11(5-2)9-10(12)13-6-3/h4,7H,5-6,8-9H2,1-3H3. The molecule has 0 unspecified atom stereocenters. The van der Waals surface area contributed by atoms with Crippen LogP contribution >= 0.6 is 0 Å². The summed E-state index contributed by atoms with van der Waals surface area (Å²) in [7, 11) is 0. The smallest absolute Gasteiger partial charge is 0.320 e. The molecule has 0 aromatic heterocycles. The monoisotopic (exact) mass is 185 g/mol. The van der Waals surface area contributed by atoms with Crippen LogP contribution < -0.4 is 0 Å². The molecule has 3 nitrogen and oxygen atoms in total. The van der Waals surface area contributed by atoms with E-state index in [1.54, 1.807) is 0 Å². The summed E-state index contributed by atoms with van der Waals surface area (Å²) in [5.74, 6) is -0.145. The molecule has 0 bridgehead atoms. The highest BCUT2D eigenvalue weighted by Gasteiger charge is 2.07. The average molecular weight is 185 g/mol. The minimum Gasteiger partial charge on any atom is -0.465 e. The fourth-order valence-corrected chi connectivity index (χ4v) is 0.949. The number of carbonyl (C=O) groups excluding carboxylic acids is 1. The summed E-state index contributed by atoms with van der Waals surface area (Å²) in [6.45, 7) is 8.34. The van der Waals surface area contributed by atoms with Gasteiger partial charge < -0.3 is 4.74 Å². The Morgan fingerprint density at radius 3 is 2.62 bits per heavy atom. The molecule has 0 N–H and O–H groups in total. The van der Waals surface area contributed by atoms with E-state index in [1.807, 2.05) is 37.8 Å². The third-order valence-electron chi connectivity index (χ3n) is 1.70. The summed E-state index contributed by atoms with van der Waals surface area (Å²) >= 11 is 0. The van der Waals surface area contributed by atoms with E-state index in [0.717, 1.165) is 13.1 Å². The largest absolute Gasteiger partial charge is 0.465 e. The zero-order chi connectivity index (χ0) is 10.1. The van der Waals surface area contributed by atoms with E-state index in [4.69, 9.17) is 4.74 Å². The van der Waals surface area contributed by atoms with Crippen molar-refractivity contribution in [2.75, 3.05) is 26.2 Å². The topological polar surface area (TPSA) is 29.5 Å². The maximum atomic E-state index is 11.1. The Kier molecular flexibility index (Phi) is 7.30. The molecule has 0 saturated heterocycles. The van der Waals surface area contributed by atoms with E-state index in [-0.39, 0.29) is 5.97 Å². The van der Waals surface area contributed by atoms with Gasteiger partial charge >= 0.3 is 5.97 Å². The molecule has 0 aliphatic carbocycles. The lowest BCUT2D eigenvalue weighted by Crippen LogP contribution is -2.31. The van der Waals surface area contributed by atoms with Gasteiger partial charge in [-0.3, -0.25) is 9.69 Å². The van der Waals surface area contributed by atoms with Gasteiger partial charge in [0.25, 0.3) is 0 Å². The predicted octanol–water partition coefficient (Wildman–Crippen LogP) is 1.45. The number of nitrogens with zero attached hydrogens (tertiary/aromatic N) is 1. The normalized spacial score (nSPS) is 11.1. The SMILES string of the molecule is CC=CCN(CC)CC(=O)OCC. The van der Waals surface area contributed by atoms with Crippen LogP contribution in [0.5, 0.6) is 0 Å². The Bertz CT molecular complexity index is 166. The molecule has 0 aliphatic heterocycles. The van der Waals surface area contributed by atoms with Gasteiger partial charge in [0.1, 0.15) is 0 Å². The number of carbonyl (C=O) groups is 1. The second kappa shape index (κ2) is 7.80. The molecule has 3 heteroatoms. The Morgan fingerprint density at radius 2 is 2.15 bits per heavy atom.